The van der Waals surface area contributed by atoms with Crippen LogP contribution in [0.4, 0.5) is 11.4 Å². The molecule has 2 heterocycles. The highest BCUT2D eigenvalue weighted by Crippen LogP contribution is 2.29. The van der Waals surface area contributed by atoms with Crippen molar-refractivity contribution in [2.75, 3.05) is 19.5 Å². The van der Waals surface area contributed by atoms with Crippen molar-refractivity contribution in [2.45, 2.75) is 17.9 Å². The maximum absolute atomic E-state index is 12.9. The number of nitrogens with zero attached hydrogens (tertiary/aromatic N) is 2. The summed E-state index contributed by atoms with van der Waals surface area (Å²) < 4.78 is 38.9. The van der Waals surface area contributed by atoms with Gasteiger partial charge in [0.25, 0.3) is 0 Å². The molecule has 0 aliphatic heterocycles. The van der Waals surface area contributed by atoms with Crippen LogP contribution in [0, 0.1) is 0 Å². The van der Waals surface area contributed by atoms with Crippen molar-refractivity contribution >= 4 is 32.3 Å². The Morgan fingerprint density at radius 2 is 1.55 bits per heavy atom. The first-order valence-electron chi connectivity index (χ1n) is 10.2. The van der Waals surface area contributed by atoms with Gasteiger partial charge in [0.05, 0.1) is 19.1 Å². The number of methoxy groups -OCH3 is 2. The van der Waals surface area contributed by atoms with Crippen molar-refractivity contribution in [1.29, 1.82) is 0 Å². The van der Waals surface area contributed by atoms with E-state index in [-0.39, 0.29) is 4.90 Å². The van der Waals surface area contributed by atoms with Gasteiger partial charge in [0.15, 0.2) is 0 Å². The summed E-state index contributed by atoms with van der Waals surface area (Å²) in [5, 5.41) is 4.15. The summed E-state index contributed by atoms with van der Waals surface area (Å²) in [7, 11) is -0.564. The van der Waals surface area contributed by atoms with Crippen molar-refractivity contribution in [2.24, 2.45) is 0 Å². The summed E-state index contributed by atoms with van der Waals surface area (Å²) >= 11 is 0. The third-order valence-corrected chi connectivity index (χ3v) is 6.77. The molecule has 1 atom stereocenters. The summed E-state index contributed by atoms with van der Waals surface area (Å²) in [6, 6.07) is 17.1. The third-order valence-electron chi connectivity index (χ3n) is 5.21. The van der Waals surface area contributed by atoms with Crippen LogP contribution in [0.5, 0.6) is 11.6 Å². The van der Waals surface area contributed by atoms with Crippen molar-refractivity contribution in [3.05, 3.63) is 78.6 Å². The van der Waals surface area contributed by atoms with Gasteiger partial charge in [-0.05, 0) is 61.0 Å². The lowest BCUT2D eigenvalue weighted by Crippen LogP contribution is -2.26. The van der Waals surface area contributed by atoms with Crippen LogP contribution in [0.2, 0.25) is 0 Å². The molecule has 2 N–H and O–H groups in total. The highest BCUT2D eigenvalue weighted by atomic mass is 32.2. The monoisotopic (exact) mass is 464 g/mol. The van der Waals surface area contributed by atoms with E-state index in [1.165, 1.54) is 0 Å². The minimum Gasteiger partial charge on any atom is -0.497 e. The van der Waals surface area contributed by atoms with Crippen LogP contribution in [0.3, 0.4) is 0 Å². The van der Waals surface area contributed by atoms with E-state index in [2.05, 4.69) is 20.0 Å². The predicted molar refractivity (Wildman–Crippen MR) is 128 cm³/mol. The molecular weight excluding hydrogens is 440 g/mol. The van der Waals surface area contributed by atoms with Crippen LogP contribution < -0.4 is 19.5 Å². The molecule has 0 fully saturated rings. The largest absolute Gasteiger partial charge is 0.497 e. The first kappa shape index (κ1) is 22.5. The fourth-order valence-electron chi connectivity index (χ4n) is 3.45. The number of rotatable bonds is 8. The Morgan fingerprint density at radius 3 is 2.21 bits per heavy atom. The lowest BCUT2D eigenvalue weighted by Gasteiger charge is -2.16. The number of nitrogens with one attached hydrogen (secondary N) is 2. The lowest BCUT2D eigenvalue weighted by atomic mass is 10.1. The Morgan fingerprint density at radius 1 is 0.848 bits per heavy atom. The van der Waals surface area contributed by atoms with Crippen molar-refractivity contribution in [1.82, 2.24) is 14.7 Å². The molecule has 0 saturated heterocycles. The SMILES string of the molecule is COc1ccc([C@@H](C)NS(=O)(=O)c2ccc(Nc3ccnc4c(OC)nccc34)cc2)cc1. The van der Waals surface area contributed by atoms with Crippen molar-refractivity contribution in [3.63, 3.8) is 0 Å². The molecule has 0 aliphatic rings. The van der Waals surface area contributed by atoms with Crippen LogP contribution in [0.1, 0.15) is 18.5 Å². The maximum Gasteiger partial charge on any atom is 0.241 e. The number of fused-ring (bicyclic) bond motifs is 1. The minimum absolute atomic E-state index is 0.180. The number of benzene rings is 2. The molecule has 0 bridgehead atoms. The molecule has 0 amide bonds. The summed E-state index contributed by atoms with van der Waals surface area (Å²) in [6.07, 6.45) is 3.32. The molecule has 2 aromatic carbocycles. The van der Waals surface area contributed by atoms with Gasteiger partial charge in [-0.25, -0.2) is 18.1 Å². The van der Waals surface area contributed by atoms with Gasteiger partial charge in [0, 0.05) is 35.2 Å². The van der Waals surface area contributed by atoms with Crippen LogP contribution in [-0.4, -0.2) is 32.6 Å². The molecule has 0 saturated carbocycles. The Bertz CT molecular complexity index is 1360. The van der Waals surface area contributed by atoms with E-state index in [0.717, 1.165) is 22.3 Å². The van der Waals surface area contributed by atoms with Crippen LogP contribution in [-0.2, 0) is 10.0 Å². The fraction of sp³-hybridized carbons (Fsp3) is 0.167. The average molecular weight is 465 g/mol. The number of aromatic nitrogens is 2. The molecule has 4 aromatic rings. The number of hydrogen-bond acceptors (Lipinski definition) is 7. The molecule has 9 heteroatoms. The lowest BCUT2D eigenvalue weighted by molar-refractivity contribution is 0.402. The van der Waals surface area contributed by atoms with Gasteiger partial charge in [-0.1, -0.05) is 12.1 Å². The molecule has 0 unspecified atom stereocenters. The first-order chi connectivity index (χ1) is 15.9. The average Bonchev–Trinajstić information content (AvgIpc) is 2.84. The van der Waals surface area contributed by atoms with Crippen LogP contribution >= 0.6 is 0 Å². The number of anilines is 2. The van der Waals surface area contributed by atoms with Gasteiger partial charge in [0.2, 0.25) is 15.9 Å². The number of ether oxygens (including phenoxy) is 2. The summed E-state index contributed by atoms with van der Waals surface area (Å²) in [6.45, 7) is 1.80. The standard InChI is InChI=1S/C24H24N4O4S/c1-16(17-4-8-19(31-2)9-5-17)28-33(29,30)20-10-6-18(7-11-20)27-22-13-15-25-23-21(22)12-14-26-24(23)32-3/h4-16,28H,1-3H3,(H,25,27)/t16-/m1/s1. The zero-order valence-corrected chi connectivity index (χ0v) is 19.3. The second-order valence-corrected chi connectivity index (χ2v) is 9.05. The molecular formula is C24H24N4O4S. The van der Waals surface area contributed by atoms with E-state index in [1.54, 1.807) is 69.9 Å². The van der Waals surface area contributed by atoms with Gasteiger partial charge < -0.3 is 14.8 Å². The van der Waals surface area contributed by atoms with E-state index < -0.39 is 16.1 Å². The van der Waals surface area contributed by atoms with Crippen LogP contribution in [0.25, 0.3) is 10.9 Å². The molecule has 0 radical (unpaired) electrons. The van der Waals surface area contributed by atoms with Crippen molar-refractivity contribution < 1.29 is 17.9 Å². The van der Waals surface area contributed by atoms with E-state index in [1.807, 2.05) is 24.3 Å². The van der Waals surface area contributed by atoms with E-state index in [4.69, 9.17) is 9.47 Å². The van der Waals surface area contributed by atoms with Gasteiger partial charge in [-0.15, -0.1) is 0 Å². The molecule has 170 valence electrons. The predicted octanol–water partition coefficient (Wildman–Crippen LogP) is 4.43. The minimum atomic E-state index is -3.70. The topological polar surface area (TPSA) is 102 Å². The van der Waals surface area contributed by atoms with E-state index >= 15 is 0 Å². The van der Waals surface area contributed by atoms with Crippen molar-refractivity contribution in [3.8, 4) is 11.6 Å². The fourth-order valence-corrected chi connectivity index (χ4v) is 4.68. The number of sulfonamides is 1. The highest BCUT2D eigenvalue weighted by Gasteiger charge is 2.18. The van der Waals surface area contributed by atoms with Gasteiger partial charge in [-0.2, -0.15) is 0 Å². The summed E-state index contributed by atoms with van der Waals surface area (Å²) in [5.74, 6) is 1.16. The number of pyridine rings is 2. The zero-order valence-electron chi connectivity index (χ0n) is 18.4. The Balaban J connectivity index is 1.51. The molecule has 0 aliphatic carbocycles. The Kier molecular flexibility index (Phi) is 6.43. The van der Waals surface area contributed by atoms with E-state index in [9.17, 15) is 8.42 Å². The molecule has 8 nitrogen and oxygen atoms in total. The van der Waals surface area contributed by atoms with Crippen LogP contribution in [0.15, 0.2) is 78.0 Å². The van der Waals surface area contributed by atoms with Gasteiger partial charge >= 0.3 is 0 Å². The number of hydrogen-bond donors (Lipinski definition) is 2. The quantitative estimate of drug-likeness (QED) is 0.398. The van der Waals surface area contributed by atoms with Gasteiger partial charge in [-0.3, -0.25) is 4.98 Å². The third kappa shape index (κ3) is 4.89. The molecule has 4 rings (SSSR count). The summed E-state index contributed by atoms with van der Waals surface area (Å²) in [4.78, 5) is 8.69. The zero-order chi connectivity index (χ0) is 23.4. The smallest absolute Gasteiger partial charge is 0.241 e. The second kappa shape index (κ2) is 9.43. The van der Waals surface area contributed by atoms with E-state index in [0.29, 0.717) is 17.1 Å². The molecule has 2 aromatic heterocycles. The normalized spacial score (nSPS) is 12.3. The van der Waals surface area contributed by atoms with Gasteiger partial charge in [0.1, 0.15) is 11.3 Å². The first-order valence-corrected chi connectivity index (χ1v) is 11.7. The second-order valence-electron chi connectivity index (χ2n) is 7.34. The molecule has 0 spiro atoms. The highest BCUT2D eigenvalue weighted by molar-refractivity contribution is 7.89. The maximum atomic E-state index is 12.9. The Hall–Kier alpha value is -3.69. The Labute approximate surface area is 192 Å². The molecule has 33 heavy (non-hydrogen) atoms. The summed E-state index contributed by atoms with van der Waals surface area (Å²) in [5.41, 5.74) is 3.02.